The zero-order valence-electron chi connectivity index (χ0n) is 17.8. The Morgan fingerprint density at radius 2 is 1.72 bits per heavy atom. The van der Waals surface area contributed by atoms with Crippen molar-refractivity contribution in [1.82, 2.24) is 15.5 Å². The van der Waals surface area contributed by atoms with Crippen molar-refractivity contribution in [2.24, 2.45) is 23.2 Å². The number of carbonyl (C=O) groups excluding carboxylic acids is 2. The molecule has 2 N–H and O–H groups in total. The lowest BCUT2D eigenvalue weighted by atomic mass is 9.49. The Bertz CT molecular complexity index is 959. The Balaban J connectivity index is 1.05. The number of amides is 2. The SMILES string of the molecule is O=C(CCNC(=O)C12CC3CC(CC(C3)C1)C2)Nc1nnc(SCc2ccc(Cl)cc2)s1. The van der Waals surface area contributed by atoms with Gasteiger partial charge < -0.3 is 10.6 Å². The van der Waals surface area contributed by atoms with Crippen molar-refractivity contribution >= 4 is 51.6 Å². The summed E-state index contributed by atoms with van der Waals surface area (Å²) in [5.74, 6) is 2.98. The fourth-order valence-electron chi connectivity index (χ4n) is 6.09. The molecule has 4 aliphatic rings. The van der Waals surface area contributed by atoms with E-state index in [4.69, 9.17) is 11.6 Å². The van der Waals surface area contributed by atoms with Crippen LogP contribution in [0.3, 0.4) is 0 Å². The molecule has 0 aliphatic heterocycles. The first-order valence-corrected chi connectivity index (χ1v) is 13.4. The number of thioether (sulfide) groups is 1. The highest BCUT2D eigenvalue weighted by Gasteiger charge is 2.54. The standard InChI is InChI=1S/C23H27ClN4O2S2/c24-18-3-1-14(2-4-18)13-31-22-28-27-21(32-22)26-19(29)5-6-25-20(30)23-10-15-7-16(11-23)9-17(8-15)12-23/h1-4,15-17H,5-13H2,(H,25,30)(H,26,27,29). The lowest BCUT2D eigenvalue weighted by Gasteiger charge is -2.55. The lowest BCUT2D eigenvalue weighted by Crippen LogP contribution is -2.53. The average Bonchev–Trinajstić information content (AvgIpc) is 3.19. The molecule has 0 atom stereocenters. The number of aromatic nitrogens is 2. The molecule has 1 aromatic carbocycles. The van der Waals surface area contributed by atoms with E-state index in [1.54, 1.807) is 11.8 Å². The molecule has 0 radical (unpaired) electrons. The predicted octanol–water partition coefficient (Wildman–Crippen LogP) is 5.15. The molecule has 4 saturated carbocycles. The molecule has 4 bridgehead atoms. The molecular formula is C23H27ClN4O2S2. The summed E-state index contributed by atoms with van der Waals surface area (Å²) in [5, 5.41) is 15.3. The number of anilines is 1. The minimum atomic E-state index is -0.166. The predicted molar refractivity (Wildman–Crippen MR) is 128 cm³/mol. The monoisotopic (exact) mass is 490 g/mol. The minimum absolute atomic E-state index is 0.152. The van der Waals surface area contributed by atoms with Crippen LogP contribution in [0.2, 0.25) is 5.02 Å². The molecule has 0 saturated heterocycles. The third-order valence-corrected chi connectivity index (χ3v) is 9.38. The largest absolute Gasteiger partial charge is 0.355 e. The molecule has 6 rings (SSSR count). The summed E-state index contributed by atoms with van der Waals surface area (Å²) in [6, 6.07) is 7.70. The Hall–Kier alpha value is -1.64. The molecule has 170 valence electrons. The van der Waals surface area contributed by atoms with Gasteiger partial charge in [-0.05, 0) is 74.0 Å². The van der Waals surface area contributed by atoms with Crippen molar-refractivity contribution in [1.29, 1.82) is 0 Å². The van der Waals surface area contributed by atoms with Gasteiger partial charge in [0.05, 0.1) is 0 Å². The minimum Gasteiger partial charge on any atom is -0.355 e. The number of carbonyl (C=O) groups is 2. The summed E-state index contributed by atoms with van der Waals surface area (Å²) in [7, 11) is 0. The van der Waals surface area contributed by atoms with Crippen LogP contribution in [0.25, 0.3) is 0 Å². The summed E-state index contributed by atoms with van der Waals surface area (Å²) in [6.45, 7) is 0.364. The molecule has 9 heteroatoms. The second kappa shape index (κ2) is 9.31. The van der Waals surface area contributed by atoms with E-state index in [1.807, 2.05) is 24.3 Å². The number of rotatable bonds is 8. The van der Waals surface area contributed by atoms with Gasteiger partial charge in [-0.3, -0.25) is 9.59 Å². The van der Waals surface area contributed by atoms with Gasteiger partial charge in [0.1, 0.15) is 0 Å². The van der Waals surface area contributed by atoms with Crippen LogP contribution < -0.4 is 10.6 Å². The van der Waals surface area contributed by atoms with Crippen LogP contribution in [-0.2, 0) is 15.3 Å². The van der Waals surface area contributed by atoms with Crippen LogP contribution in [0.1, 0.15) is 50.5 Å². The lowest BCUT2D eigenvalue weighted by molar-refractivity contribution is -0.146. The second-order valence-electron chi connectivity index (χ2n) is 9.54. The number of nitrogens with one attached hydrogen (secondary N) is 2. The Morgan fingerprint density at radius 1 is 1.06 bits per heavy atom. The van der Waals surface area contributed by atoms with Gasteiger partial charge in [0, 0.05) is 29.2 Å². The third-order valence-electron chi connectivity index (χ3n) is 7.09. The van der Waals surface area contributed by atoms with Gasteiger partial charge in [-0.2, -0.15) is 0 Å². The molecule has 4 aliphatic carbocycles. The maximum absolute atomic E-state index is 13.0. The quantitative estimate of drug-likeness (QED) is 0.395. The van der Waals surface area contributed by atoms with E-state index >= 15 is 0 Å². The molecule has 2 amide bonds. The number of benzene rings is 1. The zero-order valence-corrected chi connectivity index (χ0v) is 20.2. The molecular weight excluding hydrogens is 464 g/mol. The number of hydrogen-bond acceptors (Lipinski definition) is 6. The van der Waals surface area contributed by atoms with Gasteiger partial charge >= 0.3 is 0 Å². The number of halogens is 1. The molecule has 6 nitrogen and oxygen atoms in total. The molecule has 0 spiro atoms. The second-order valence-corrected chi connectivity index (χ2v) is 12.2. The fraction of sp³-hybridized carbons (Fsp3) is 0.565. The molecule has 32 heavy (non-hydrogen) atoms. The van der Waals surface area contributed by atoms with E-state index in [0.29, 0.717) is 16.7 Å². The van der Waals surface area contributed by atoms with Gasteiger partial charge in [-0.15, -0.1) is 10.2 Å². The van der Waals surface area contributed by atoms with Gasteiger partial charge in [-0.1, -0.05) is 46.8 Å². The molecule has 1 heterocycles. The first kappa shape index (κ1) is 22.2. The van der Waals surface area contributed by atoms with Gasteiger partial charge in [0.25, 0.3) is 0 Å². The summed E-state index contributed by atoms with van der Waals surface area (Å²) in [4.78, 5) is 25.3. The van der Waals surface area contributed by atoms with Crippen LogP contribution >= 0.6 is 34.7 Å². The van der Waals surface area contributed by atoms with Crippen LogP contribution in [0.5, 0.6) is 0 Å². The van der Waals surface area contributed by atoms with E-state index < -0.39 is 0 Å². The Kier molecular flexibility index (Phi) is 6.45. The van der Waals surface area contributed by atoms with Crippen LogP contribution in [0, 0.1) is 23.2 Å². The number of hydrogen-bond donors (Lipinski definition) is 2. The first-order chi connectivity index (χ1) is 15.5. The topological polar surface area (TPSA) is 84.0 Å². The first-order valence-electron chi connectivity index (χ1n) is 11.3. The van der Waals surface area contributed by atoms with Crippen molar-refractivity contribution in [2.75, 3.05) is 11.9 Å². The van der Waals surface area contributed by atoms with E-state index in [0.717, 1.165) is 52.7 Å². The Labute approximate surface area is 201 Å². The third kappa shape index (κ3) is 4.97. The van der Waals surface area contributed by atoms with E-state index in [1.165, 1.54) is 30.6 Å². The number of nitrogens with zero attached hydrogens (tertiary/aromatic N) is 2. The summed E-state index contributed by atoms with van der Waals surface area (Å²) < 4.78 is 0.797. The molecule has 1 aromatic heterocycles. The fourth-order valence-corrected chi connectivity index (χ4v) is 7.94. The summed E-state index contributed by atoms with van der Waals surface area (Å²) in [6.07, 6.45) is 7.31. The van der Waals surface area contributed by atoms with Gasteiger partial charge in [-0.25, -0.2) is 0 Å². The maximum Gasteiger partial charge on any atom is 0.227 e. The van der Waals surface area contributed by atoms with Gasteiger partial charge in [0.2, 0.25) is 16.9 Å². The summed E-state index contributed by atoms with van der Waals surface area (Å²) in [5.41, 5.74) is 0.982. The van der Waals surface area contributed by atoms with E-state index in [9.17, 15) is 9.59 Å². The highest BCUT2D eigenvalue weighted by Crippen LogP contribution is 2.60. The van der Waals surface area contributed by atoms with Crippen molar-refractivity contribution in [3.8, 4) is 0 Å². The van der Waals surface area contributed by atoms with Crippen molar-refractivity contribution in [3.63, 3.8) is 0 Å². The van der Waals surface area contributed by atoms with Crippen molar-refractivity contribution < 1.29 is 9.59 Å². The summed E-state index contributed by atoms with van der Waals surface area (Å²) >= 11 is 8.84. The molecule has 0 unspecified atom stereocenters. The maximum atomic E-state index is 13.0. The van der Waals surface area contributed by atoms with Crippen LogP contribution in [0.15, 0.2) is 28.6 Å². The molecule has 4 fully saturated rings. The van der Waals surface area contributed by atoms with Crippen molar-refractivity contribution in [2.45, 2.75) is 55.0 Å². The van der Waals surface area contributed by atoms with Gasteiger partial charge in [0.15, 0.2) is 4.34 Å². The smallest absolute Gasteiger partial charge is 0.227 e. The molecule has 2 aromatic rings. The average molecular weight is 491 g/mol. The van der Waals surface area contributed by atoms with Crippen molar-refractivity contribution in [3.05, 3.63) is 34.9 Å². The van der Waals surface area contributed by atoms with E-state index in [-0.39, 0.29) is 23.7 Å². The van der Waals surface area contributed by atoms with Crippen LogP contribution in [0.4, 0.5) is 5.13 Å². The highest BCUT2D eigenvalue weighted by atomic mass is 35.5. The zero-order chi connectivity index (χ0) is 22.1. The van der Waals surface area contributed by atoms with Crippen LogP contribution in [-0.4, -0.2) is 28.6 Å². The normalized spacial score (nSPS) is 28.0. The van der Waals surface area contributed by atoms with E-state index in [2.05, 4.69) is 20.8 Å². The highest BCUT2D eigenvalue weighted by molar-refractivity contribution is 8.00. The Morgan fingerprint density at radius 3 is 2.38 bits per heavy atom.